The number of fused-ring (bicyclic) bond motifs is 10. The van der Waals surface area contributed by atoms with Gasteiger partial charge in [-0.3, -0.25) is 0 Å². The van der Waals surface area contributed by atoms with Crippen molar-refractivity contribution in [1.29, 1.82) is 0 Å². The van der Waals surface area contributed by atoms with E-state index in [-0.39, 0.29) is 11.2 Å². The highest BCUT2D eigenvalue weighted by Crippen LogP contribution is 2.62. The van der Waals surface area contributed by atoms with Crippen LogP contribution >= 0.6 is 0 Å². The molecule has 2 aliphatic carbocycles. The SMILES string of the molecule is Fc1ccc2c(c1)-c1ccccc1C21c2ccccc2-c2ccccc21. The van der Waals surface area contributed by atoms with Crippen LogP contribution in [-0.4, -0.2) is 0 Å². The monoisotopic (exact) mass is 334 g/mol. The largest absolute Gasteiger partial charge is 0.207 e. The van der Waals surface area contributed by atoms with Gasteiger partial charge >= 0.3 is 0 Å². The van der Waals surface area contributed by atoms with Gasteiger partial charge in [-0.2, -0.15) is 0 Å². The fourth-order valence-electron chi connectivity index (χ4n) is 5.07. The maximum atomic E-state index is 14.1. The summed E-state index contributed by atoms with van der Waals surface area (Å²) in [5.74, 6) is -0.185. The second-order valence-electron chi connectivity index (χ2n) is 7.08. The Labute approximate surface area is 151 Å². The Morgan fingerprint density at radius 2 is 0.885 bits per heavy atom. The summed E-state index contributed by atoms with van der Waals surface area (Å²) in [6.07, 6.45) is 0. The molecule has 4 aromatic carbocycles. The molecule has 0 radical (unpaired) electrons. The first kappa shape index (κ1) is 14.0. The Morgan fingerprint density at radius 1 is 0.462 bits per heavy atom. The predicted octanol–water partition coefficient (Wildman–Crippen LogP) is 6.17. The summed E-state index contributed by atoms with van der Waals surface area (Å²) in [6, 6.07) is 31.0. The van der Waals surface area contributed by atoms with Crippen molar-refractivity contribution >= 4 is 0 Å². The van der Waals surface area contributed by atoms with Crippen molar-refractivity contribution in [3.63, 3.8) is 0 Å². The molecule has 26 heavy (non-hydrogen) atoms. The average Bonchev–Trinajstić information content (AvgIpc) is 3.15. The molecule has 1 heteroatoms. The maximum absolute atomic E-state index is 14.1. The van der Waals surface area contributed by atoms with Crippen molar-refractivity contribution in [3.05, 3.63) is 119 Å². The molecule has 0 aromatic heterocycles. The summed E-state index contributed by atoms with van der Waals surface area (Å²) >= 11 is 0. The lowest BCUT2D eigenvalue weighted by Crippen LogP contribution is -2.25. The second-order valence-corrected chi connectivity index (χ2v) is 7.08. The minimum atomic E-state index is -0.354. The molecule has 0 amide bonds. The first-order valence-electron chi connectivity index (χ1n) is 8.91. The zero-order chi connectivity index (χ0) is 17.3. The Balaban J connectivity index is 1.87. The van der Waals surface area contributed by atoms with Gasteiger partial charge < -0.3 is 0 Å². The highest BCUT2D eigenvalue weighted by Gasteiger charge is 2.51. The van der Waals surface area contributed by atoms with Crippen molar-refractivity contribution in [1.82, 2.24) is 0 Å². The van der Waals surface area contributed by atoms with E-state index in [1.807, 2.05) is 12.1 Å². The van der Waals surface area contributed by atoms with Crippen LogP contribution in [0.5, 0.6) is 0 Å². The van der Waals surface area contributed by atoms with Gasteiger partial charge in [0.1, 0.15) is 5.82 Å². The van der Waals surface area contributed by atoms with E-state index in [9.17, 15) is 4.39 Å². The van der Waals surface area contributed by atoms with Gasteiger partial charge in [0.05, 0.1) is 5.41 Å². The fraction of sp³-hybridized carbons (Fsp3) is 0.0400. The van der Waals surface area contributed by atoms with E-state index in [1.165, 1.54) is 33.4 Å². The van der Waals surface area contributed by atoms with Gasteiger partial charge in [-0.25, -0.2) is 4.39 Å². The molecular weight excluding hydrogens is 319 g/mol. The van der Waals surface area contributed by atoms with Crippen molar-refractivity contribution in [2.24, 2.45) is 0 Å². The third-order valence-corrected chi connectivity index (χ3v) is 5.96. The van der Waals surface area contributed by atoms with Crippen molar-refractivity contribution < 1.29 is 4.39 Å². The van der Waals surface area contributed by atoms with Gasteiger partial charge in [0, 0.05) is 0 Å². The van der Waals surface area contributed by atoms with Crippen LogP contribution < -0.4 is 0 Å². The van der Waals surface area contributed by atoms with Crippen LogP contribution in [0.1, 0.15) is 22.3 Å². The lowest BCUT2D eigenvalue weighted by atomic mass is 9.70. The van der Waals surface area contributed by atoms with E-state index in [2.05, 4.69) is 66.7 Å². The van der Waals surface area contributed by atoms with E-state index in [0.717, 1.165) is 11.1 Å². The quantitative estimate of drug-likeness (QED) is 0.312. The van der Waals surface area contributed by atoms with Gasteiger partial charge in [0.15, 0.2) is 0 Å². The molecule has 0 bridgehead atoms. The molecule has 6 rings (SSSR count). The van der Waals surface area contributed by atoms with Crippen LogP contribution in [0, 0.1) is 5.82 Å². The molecule has 1 spiro atoms. The highest BCUT2D eigenvalue weighted by molar-refractivity contribution is 5.94. The van der Waals surface area contributed by atoms with Crippen LogP contribution in [0.15, 0.2) is 91.0 Å². The summed E-state index contributed by atoms with van der Waals surface area (Å²) in [5, 5.41) is 0. The normalized spacial score (nSPS) is 14.7. The van der Waals surface area contributed by atoms with Crippen LogP contribution in [0.3, 0.4) is 0 Å². The third kappa shape index (κ3) is 1.46. The van der Waals surface area contributed by atoms with Gasteiger partial charge in [-0.15, -0.1) is 0 Å². The number of halogens is 1. The van der Waals surface area contributed by atoms with E-state index in [0.29, 0.717) is 0 Å². The second kappa shape index (κ2) is 4.70. The summed E-state index contributed by atoms with van der Waals surface area (Å²) in [4.78, 5) is 0. The molecule has 0 saturated heterocycles. The van der Waals surface area contributed by atoms with Crippen molar-refractivity contribution in [2.45, 2.75) is 5.41 Å². The van der Waals surface area contributed by atoms with E-state index in [1.54, 1.807) is 12.1 Å². The molecule has 0 nitrogen and oxygen atoms in total. The lowest BCUT2D eigenvalue weighted by Gasteiger charge is -2.30. The minimum absolute atomic E-state index is 0.185. The summed E-state index contributed by atoms with van der Waals surface area (Å²) in [6.45, 7) is 0. The number of hydrogen-bond acceptors (Lipinski definition) is 0. The molecule has 0 unspecified atom stereocenters. The summed E-state index contributed by atoms with van der Waals surface area (Å²) in [5.41, 5.74) is 9.34. The van der Waals surface area contributed by atoms with Crippen LogP contribution in [-0.2, 0) is 5.41 Å². The Morgan fingerprint density at radius 3 is 1.42 bits per heavy atom. The van der Waals surface area contributed by atoms with E-state index < -0.39 is 0 Å². The Hall–Kier alpha value is -3.19. The third-order valence-electron chi connectivity index (χ3n) is 5.96. The standard InChI is InChI=1S/C25H15F/c26-16-13-14-24-20(15-16)19-9-3-6-12-23(19)25(24)21-10-4-1-7-17(21)18-8-2-5-11-22(18)25/h1-15H. The number of hydrogen-bond donors (Lipinski definition) is 0. The smallest absolute Gasteiger partial charge is 0.123 e. The van der Waals surface area contributed by atoms with Gasteiger partial charge in [0.2, 0.25) is 0 Å². The van der Waals surface area contributed by atoms with E-state index in [4.69, 9.17) is 0 Å². The molecule has 0 saturated carbocycles. The maximum Gasteiger partial charge on any atom is 0.123 e. The lowest BCUT2D eigenvalue weighted by molar-refractivity contribution is 0.627. The molecule has 0 atom stereocenters. The molecule has 0 N–H and O–H groups in total. The minimum Gasteiger partial charge on any atom is -0.207 e. The number of benzene rings is 4. The van der Waals surface area contributed by atoms with Gasteiger partial charge in [0.25, 0.3) is 0 Å². The molecule has 2 aliphatic rings. The first-order valence-corrected chi connectivity index (χ1v) is 8.91. The summed E-state index contributed by atoms with van der Waals surface area (Å²) < 4.78 is 14.1. The van der Waals surface area contributed by atoms with Crippen molar-refractivity contribution in [3.8, 4) is 22.3 Å². The first-order chi connectivity index (χ1) is 12.8. The zero-order valence-electron chi connectivity index (χ0n) is 14.0. The van der Waals surface area contributed by atoms with Gasteiger partial charge in [-0.1, -0.05) is 78.9 Å². The van der Waals surface area contributed by atoms with E-state index >= 15 is 0 Å². The Kier molecular flexibility index (Phi) is 2.54. The molecular formula is C25H15F. The molecule has 0 aliphatic heterocycles. The van der Waals surface area contributed by atoms with Crippen LogP contribution in [0.4, 0.5) is 4.39 Å². The summed E-state index contributed by atoms with van der Waals surface area (Å²) in [7, 11) is 0. The molecule has 122 valence electrons. The highest BCUT2D eigenvalue weighted by atomic mass is 19.1. The molecule has 4 aromatic rings. The average molecular weight is 334 g/mol. The van der Waals surface area contributed by atoms with Gasteiger partial charge in [-0.05, 0) is 56.6 Å². The predicted molar refractivity (Wildman–Crippen MR) is 103 cm³/mol. The van der Waals surface area contributed by atoms with Crippen LogP contribution in [0.2, 0.25) is 0 Å². The Bertz CT molecular complexity index is 1160. The fourth-order valence-corrected chi connectivity index (χ4v) is 5.07. The van der Waals surface area contributed by atoms with Crippen molar-refractivity contribution in [2.75, 3.05) is 0 Å². The van der Waals surface area contributed by atoms with Crippen LogP contribution in [0.25, 0.3) is 22.3 Å². The number of rotatable bonds is 0. The zero-order valence-corrected chi connectivity index (χ0v) is 14.0. The topological polar surface area (TPSA) is 0 Å². The molecule has 0 heterocycles. The molecule has 0 fully saturated rings.